The van der Waals surface area contributed by atoms with E-state index in [1.807, 2.05) is 0 Å². The number of hydrogen-bond donors (Lipinski definition) is 16. The number of hydrogen-bond acceptors (Lipinski definition) is 21. The van der Waals surface area contributed by atoms with Crippen LogP contribution in [0.4, 0.5) is 15.9 Å². The van der Waals surface area contributed by atoms with E-state index < -0.39 is 97.2 Å². The summed E-state index contributed by atoms with van der Waals surface area (Å²) in [6.07, 6.45) is -3.21. The summed E-state index contributed by atoms with van der Waals surface area (Å²) < 4.78 is 23.8. The van der Waals surface area contributed by atoms with E-state index in [2.05, 4.69) is 36.0 Å². The summed E-state index contributed by atoms with van der Waals surface area (Å²) in [5.41, 5.74) is -5.51. The first kappa shape index (κ1) is 34.3. The lowest BCUT2D eigenvalue weighted by molar-refractivity contribution is -0.592. The molecule has 0 unspecified atom stereocenters. The molecule has 0 saturated carbocycles. The number of nitrogens with one attached hydrogen (secondary N) is 1. The molecule has 0 amide bonds. The molecule has 23 heteroatoms. The zero-order valence-corrected chi connectivity index (χ0v) is 23.6. The van der Waals surface area contributed by atoms with Gasteiger partial charge in [0.1, 0.15) is 28.9 Å². The van der Waals surface area contributed by atoms with Gasteiger partial charge in [0.25, 0.3) is 23.4 Å². The van der Waals surface area contributed by atoms with E-state index >= 15 is 0 Å². The Kier molecular flexibility index (Phi) is 8.02. The molecule has 0 radical (unpaired) electrons. The van der Waals surface area contributed by atoms with Crippen LogP contribution in [-0.4, -0.2) is 140 Å². The lowest BCUT2D eigenvalue weighted by Crippen LogP contribution is -2.93. The first-order chi connectivity index (χ1) is 20.3. The van der Waals surface area contributed by atoms with Gasteiger partial charge in [-0.2, -0.15) is 4.90 Å². The van der Waals surface area contributed by atoms with Crippen LogP contribution in [0.25, 0.3) is 10.9 Å². The van der Waals surface area contributed by atoms with Crippen molar-refractivity contribution in [1.82, 2.24) is 14.9 Å². The maximum Gasteiger partial charge on any atom is 0.453 e. The zero-order valence-electron chi connectivity index (χ0n) is 22.1. The Balaban J connectivity index is 1.84. The van der Waals surface area contributed by atoms with Crippen LogP contribution < -0.4 is 14.8 Å². The predicted octanol–water partition coefficient (Wildman–Crippen LogP) is -4.95. The third-order valence-corrected chi connectivity index (χ3v) is 7.71. The number of aromatic nitrogens is 2. The Hall–Kier alpha value is -3.53. The van der Waals surface area contributed by atoms with Crippen molar-refractivity contribution in [2.75, 3.05) is 19.0 Å². The number of phenolic OH excluding ortho intramolecular Hbond substituents is 3. The molecule has 4 rings (SSSR count). The van der Waals surface area contributed by atoms with Crippen molar-refractivity contribution in [3.05, 3.63) is 28.7 Å². The normalized spacial score (nSPS) is 20.2. The molecule has 248 valence electrons. The van der Waals surface area contributed by atoms with Crippen LogP contribution in [0.15, 0.2) is 22.9 Å². The number of piperidine rings is 1. The van der Waals surface area contributed by atoms with Crippen molar-refractivity contribution in [1.29, 1.82) is 0 Å². The van der Waals surface area contributed by atoms with E-state index in [1.165, 1.54) is 0 Å². The molecule has 1 fully saturated rings. The molecule has 2 heterocycles. The maximum atomic E-state index is 14.7. The van der Waals surface area contributed by atoms with Gasteiger partial charge in [0, 0.05) is 11.5 Å². The van der Waals surface area contributed by atoms with E-state index in [9.17, 15) is 81.0 Å². The van der Waals surface area contributed by atoms with Crippen molar-refractivity contribution in [3.8, 4) is 28.7 Å². The summed E-state index contributed by atoms with van der Waals surface area (Å²) in [6.45, 7) is -1.93. The number of anilines is 2. The van der Waals surface area contributed by atoms with Crippen LogP contribution in [0.5, 0.6) is 28.7 Å². The van der Waals surface area contributed by atoms with Gasteiger partial charge >= 0.3 is 6.16 Å². The number of halogens is 2. The van der Waals surface area contributed by atoms with Crippen molar-refractivity contribution in [3.63, 3.8) is 0 Å². The molecule has 1 saturated heterocycles. The van der Waals surface area contributed by atoms with Crippen LogP contribution in [0.3, 0.4) is 0 Å². The summed E-state index contributed by atoms with van der Waals surface area (Å²) in [5, 5.41) is 153. The quantitative estimate of drug-likeness (QED) is 0.0619. The molecule has 3 aromatic rings. The van der Waals surface area contributed by atoms with Gasteiger partial charge in [-0.1, -0.05) is 0 Å². The molecule has 1 aromatic heterocycles. The van der Waals surface area contributed by atoms with Crippen molar-refractivity contribution in [2.45, 2.75) is 35.2 Å². The van der Waals surface area contributed by atoms with Gasteiger partial charge in [-0.3, -0.25) is 0 Å². The average molecular weight is 715 g/mol. The van der Waals surface area contributed by atoms with Gasteiger partial charge in [0.2, 0.25) is 5.60 Å². The van der Waals surface area contributed by atoms with E-state index in [0.29, 0.717) is 13.1 Å². The summed E-state index contributed by atoms with van der Waals surface area (Å²) in [4.78, 5) is 7.08. The molecular weight excluding hydrogens is 691 g/mol. The van der Waals surface area contributed by atoms with Crippen LogP contribution in [0.1, 0.15) is 0 Å². The fourth-order valence-electron chi connectivity index (χ4n) is 4.26. The van der Waals surface area contributed by atoms with Crippen LogP contribution in [-0.2, 0) is 0 Å². The maximum absolute atomic E-state index is 14.7. The molecule has 21 nitrogen and oxygen atoms in total. The van der Waals surface area contributed by atoms with Gasteiger partial charge in [-0.05, 0) is 29.0 Å². The minimum absolute atomic E-state index is 0.300. The Labute approximate surface area is 255 Å². The summed E-state index contributed by atoms with van der Waals surface area (Å²) >= 11 is 2.67. The number of likely N-dealkylation sites (tertiary alicyclic amines) is 1. The third kappa shape index (κ3) is 5.00. The molecule has 45 heavy (non-hydrogen) atoms. The number of aromatic hydroxyl groups is 3. The first-order valence-electron chi connectivity index (χ1n) is 11.7. The third-order valence-electron chi connectivity index (χ3n) is 6.96. The first-order valence-corrected chi connectivity index (χ1v) is 12.5. The number of ether oxygens (including phenoxy) is 2. The van der Waals surface area contributed by atoms with Gasteiger partial charge in [-0.15, -0.1) is 0 Å². The number of benzene rings is 2. The topological polar surface area (TPSA) is 363 Å². The second-order valence-corrected chi connectivity index (χ2v) is 10.5. The summed E-state index contributed by atoms with van der Waals surface area (Å²) in [6, 6.07) is 1.45. The molecule has 1 aliphatic rings. The molecule has 0 aliphatic carbocycles. The molecule has 0 bridgehead atoms. The van der Waals surface area contributed by atoms with Gasteiger partial charge in [-0.25, -0.2) is 14.4 Å². The monoisotopic (exact) mass is 714 g/mol. The lowest BCUT2D eigenvalue weighted by Gasteiger charge is -2.61. The number of fused-ring (bicyclic) bond motifs is 1. The van der Waals surface area contributed by atoms with E-state index in [-0.39, 0.29) is 10.9 Å². The molecular formula is C22H24BrFN4O17. The largest absolute Gasteiger partial charge is 0.504 e. The molecule has 0 atom stereocenters. The van der Waals surface area contributed by atoms with Crippen molar-refractivity contribution in [2.24, 2.45) is 0 Å². The highest BCUT2D eigenvalue weighted by Gasteiger charge is 2.84. The SMILES string of the molecule is CN1C(O)(O)C(O)(O)C(O)(COc2cc3ncnc(Nc4c(O)c(O)c(Br)c(O)c4F)c3cc2OC(O)(O)O)C(O)(O)C1(O)O. The number of aliphatic hydroxyl groups is 12. The van der Waals surface area contributed by atoms with E-state index in [4.69, 9.17) is 4.74 Å². The second-order valence-electron chi connectivity index (χ2n) is 9.71. The van der Waals surface area contributed by atoms with Crippen LogP contribution in [0.2, 0.25) is 0 Å². The van der Waals surface area contributed by atoms with Gasteiger partial charge < -0.3 is 91.4 Å². The molecule has 2 aromatic carbocycles. The van der Waals surface area contributed by atoms with E-state index in [0.717, 1.165) is 12.4 Å². The minimum Gasteiger partial charge on any atom is -0.504 e. The smallest absolute Gasteiger partial charge is 0.453 e. The highest BCUT2D eigenvalue weighted by atomic mass is 79.9. The lowest BCUT2D eigenvalue weighted by atomic mass is 9.75. The minimum atomic E-state index is -4.49. The number of rotatable bonds is 7. The zero-order chi connectivity index (χ0) is 34.3. The number of likely N-dealkylation sites (N-methyl/N-ethyl adjacent to an activating group) is 1. The van der Waals surface area contributed by atoms with Gasteiger partial charge in [0.05, 0.1) is 5.52 Å². The number of phenols is 3. The standard InChI is InChI=1S/C22H24BrFN4O17/c1-28-20(37,38)18(33,34)17(32,19(35,36)21(28,39)40)4-44-8-3-7-6(2-9(8)45-22(41,42)43)16(26-5-25-7)27-12-11(24)13(29)10(23)14(30)15(12)31/h2-3,5,29-43H,4H2,1H3,(H,25,26,27). The fraction of sp³-hybridized carbons (Fsp3) is 0.364. The Bertz CT molecular complexity index is 1610. The Morgan fingerprint density at radius 2 is 1.42 bits per heavy atom. The average Bonchev–Trinajstić information content (AvgIpc) is 2.93. The van der Waals surface area contributed by atoms with Crippen LogP contribution in [0, 0.1) is 5.82 Å². The fourth-order valence-corrected chi connectivity index (χ4v) is 4.62. The second kappa shape index (κ2) is 10.5. The van der Waals surface area contributed by atoms with Crippen LogP contribution >= 0.6 is 15.9 Å². The summed E-state index contributed by atoms with van der Waals surface area (Å²) in [5.74, 6) is -24.6. The Morgan fingerprint density at radius 1 is 0.867 bits per heavy atom. The van der Waals surface area contributed by atoms with E-state index in [1.54, 1.807) is 0 Å². The highest BCUT2D eigenvalue weighted by Crippen LogP contribution is 2.51. The van der Waals surface area contributed by atoms with Crippen molar-refractivity contribution >= 4 is 38.3 Å². The predicted molar refractivity (Wildman–Crippen MR) is 139 cm³/mol. The number of nitrogens with zero attached hydrogens (tertiary/aromatic N) is 3. The van der Waals surface area contributed by atoms with Crippen molar-refractivity contribution < 1.29 is 90.5 Å². The molecule has 0 spiro atoms. The Morgan fingerprint density at radius 3 is 1.96 bits per heavy atom. The van der Waals surface area contributed by atoms with Gasteiger partial charge in [0.15, 0.2) is 34.6 Å². The highest BCUT2D eigenvalue weighted by molar-refractivity contribution is 9.10. The summed E-state index contributed by atoms with van der Waals surface area (Å²) in [7, 11) is 0.370. The molecule has 16 N–H and O–H groups in total. The molecule has 1 aliphatic heterocycles.